The molecule has 0 N–H and O–H groups in total. The van der Waals surface area contributed by atoms with Crippen LogP contribution in [0.25, 0.3) is 0 Å². The molecule has 1 atom stereocenters. The molecule has 0 aliphatic carbocycles. The van der Waals surface area contributed by atoms with E-state index in [9.17, 15) is 4.79 Å². The van der Waals surface area contributed by atoms with Gasteiger partial charge in [0.15, 0.2) is 0 Å². The molecule has 0 aromatic heterocycles. The van der Waals surface area contributed by atoms with Gasteiger partial charge in [-0.2, -0.15) is 0 Å². The average molecular weight is 248 g/mol. The molecule has 1 unspecified atom stereocenters. The van der Waals surface area contributed by atoms with Crippen LogP contribution in [-0.4, -0.2) is 12.9 Å². The molecule has 1 aromatic rings. The van der Waals surface area contributed by atoms with Crippen LogP contribution in [0, 0.1) is 13.8 Å². The largest absolute Gasteiger partial charge is 0.496 e. The molecule has 18 heavy (non-hydrogen) atoms. The summed E-state index contributed by atoms with van der Waals surface area (Å²) in [6.07, 6.45) is 2.68. The summed E-state index contributed by atoms with van der Waals surface area (Å²) in [5.74, 6) is 1.69. The van der Waals surface area contributed by atoms with Crippen molar-refractivity contribution in [2.45, 2.75) is 52.9 Å². The summed E-state index contributed by atoms with van der Waals surface area (Å²) in [4.78, 5) is 11.1. The highest BCUT2D eigenvalue weighted by Gasteiger charge is 2.14. The monoisotopic (exact) mass is 248 g/mol. The van der Waals surface area contributed by atoms with Crippen molar-refractivity contribution in [2.24, 2.45) is 0 Å². The lowest BCUT2D eigenvalue weighted by Gasteiger charge is -2.19. The molecule has 0 amide bonds. The molecule has 100 valence electrons. The van der Waals surface area contributed by atoms with Crippen LogP contribution in [0.3, 0.4) is 0 Å². The van der Waals surface area contributed by atoms with E-state index in [2.05, 4.69) is 32.9 Å². The van der Waals surface area contributed by atoms with E-state index in [4.69, 9.17) is 4.74 Å². The summed E-state index contributed by atoms with van der Waals surface area (Å²) in [5.41, 5.74) is 3.78. The predicted octanol–water partition coefficient (Wildman–Crippen LogP) is 4.17. The van der Waals surface area contributed by atoms with Crippen molar-refractivity contribution in [3.8, 4) is 5.75 Å². The van der Waals surface area contributed by atoms with Gasteiger partial charge in [0.25, 0.3) is 0 Å². The lowest BCUT2D eigenvalue weighted by molar-refractivity contribution is -0.117. The smallest absolute Gasteiger partial charge is 0.129 e. The number of Topliss-reactive ketones (excluding diaryl/α,β-unsaturated/α-hetero) is 1. The molecule has 0 spiro atoms. The molecule has 0 radical (unpaired) electrons. The normalized spacial score (nSPS) is 12.3. The van der Waals surface area contributed by atoms with Crippen LogP contribution in [0.2, 0.25) is 0 Å². The molecule has 0 fully saturated rings. The van der Waals surface area contributed by atoms with E-state index >= 15 is 0 Å². The van der Waals surface area contributed by atoms with Crippen LogP contribution in [0.4, 0.5) is 0 Å². The summed E-state index contributed by atoms with van der Waals surface area (Å²) in [7, 11) is 1.70. The third-order valence-corrected chi connectivity index (χ3v) is 3.56. The molecule has 2 heteroatoms. The third kappa shape index (κ3) is 3.59. The minimum Gasteiger partial charge on any atom is -0.496 e. The van der Waals surface area contributed by atoms with Crippen molar-refractivity contribution < 1.29 is 9.53 Å². The number of carbonyl (C=O) groups is 1. The lowest BCUT2D eigenvalue weighted by Crippen LogP contribution is -2.04. The van der Waals surface area contributed by atoms with Gasteiger partial charge in [-0.15, -0.1) is 0 Å². The van der Waals surface area contributed by atoms with Crippen molar-refractivity contribution in [3.05, 3.63) is 28.8 Å². The zero-order valence-corrected chi connectivity index (χ0v) is 12.2. The molecule has 0 aliphatic heterocycles. The van der Waals surface area contributed by atoms with Crippen molar-refractivity contribution in [3.63, 3.8) is 0 Å². The number of carbonyl (C=O) groups excluding carboxylic acids is 1. The van der Waals surface area contributed by atoms with Gasteiger partial charge in [0.2, 0.25) is 0 Å². The van der Waals surface area contributed by atoms with Crippen LogP contribution < -0.4 is 4.74 Å². The third-order valence-electron chi connectivity index (χ3n) is 3.56. The number of ether oxygens (including phenoxy) is 1. The van der Waals surface area contributed by atoms with Crippen LogP contribution in [0.1, 0.15) is 55.7 Å². The van der Waals surface area contributed by atoms with Gasteiger partial charge in [0, 0.05) is 6.42 Å². The summed E-state index contributed by atoms with van der Waals surface area (Å²) in [6.45, 7) is 8.04. The number of aryl methyl sites for hydroxylation is 2. The minimum atomic E-state index is 0.274. The first kappa shape index (κ1) is 14.7. The second-order valence-electron chi connectivity index (χ2n) is 5.02. The number of rotatable bonds is 6. The Balaban J connectivity index is 2.98. The Hall–Kier alpha value is -1.31. The summed E-state index contributed by atoms with van der Waals surface area (Å²) >= 11 is 0. The molecule has 0 heterocycles. The van der Waals surface area contributed by atoms with Gasteiger partial charge in [-0.05, 0) is 62.3 Å². The Labute approximate surface area is 110 Å². The van der Waals surface area contributed by atoms with E-state index in [1.54, 1.807) is 14.0 Å². The molecule has 0 bridgehead atoms. The number of hydrogen-bond donors (Lipinski definition) is 0. The molecule has 1 aromatic carbocycles. The summed E-state index contributed by atoms with van der Waals surface area (Å²) < 4.78 is 5.34. The maximum Gasteiger partial charge on any atom is 0.129 e. The molecule has 0 aliphatic rings. The number of hydrogen-bond acceptors (Lipinski definition) is 2. The van der Waals surface area contributed by atoms with Crippen molar-refractivity contribution in [1.29, 1.82) is 0 Å². The van der Waals surface area contributed by atoms with Gasteiger partial charge < -0.3 is 9.53 Å². The molecule has 0 saturated carbocycles. The van der Waals surface area contributed by atoms with E-state index in [1.165, 1.54) is 16.7 Å². The SMILES string of the molecule is CCC(CCC(C)=O)c1cc(C)c(OC)cc1C. The Morgan fingerprint density at radius 3 is 2.44 bits per heavy atom. The zero-order valence-electron chi connectivity index (χ0n) is 12.2. The topological polar surface area (TPSA) is 26.3 Å². The first-order valence-corrected chi connectivity index (χ1v) is 6.64. The van der Waals surface area contributed by atoms with Gasteiger partial charge in [-0.3, -0.25) is 0 Å². The fraction of sp³-hybridized carbons (Fsp3) is 0.562. The molecule has 0 saturated heterocycles. The summed E-state index contributed by atoms with van der Waals surface area (Å²) in [5, 5.41) is 0. The van der Waals surface area contributed by atoms with E-state index in [0.29, 0.717) is 12.3 Å². The average Bonchev–Trinajstić information content (AvgIpc) is 2.33. The highest BCUT2D eigenvalue weighted by Crippen LogP contribution is 2.32. The maximum absolute atomic E-state index is 11.1. The number of benzene rings is 1. The lowest BCUT2D eigenvalue weighted by atomic mass is 9.87. The van der Waals surface area contributed by atoms with Gasteiger partial charge in [-0.25, -0.2) is 0 Å². The maximum atomic E-state index is 11.1. The molecular formula is C16H24O2. The Bertz CT molecular complexity index is 421. The van der Waals surface area contributed by atoms with Gasteiger partial charge in [-0.1, -0.05) is 13.0 Å². The highest BCUT2D eigenvalue weighted by atomic mass is 16.5. The number of ketones is 1. The van der Waals surface area contributed by atoms with E-state index in [0.717, 1.165) is 18.6 Å². The second kappa shape index (κ2) is 6.58. The summed E-state index contributed by atoms with van der Waals surface area (Å²) in [6, 6.07) is 4.31. The number of methoxy groups -OCH3 is 1. The zero-order chi connectivity index (χ0) is 13.7. The predicted molar refractivity (Wildman–Crippen MR) is 75.4 cm³/mol. The van der Waals surface area contributed by atoms with Gasteiger partial charge in [0.1, 0.15) is 11.5 Å². The fourth-order valence-corrected chi connectivity index (χ4v) is 2.43. The van der Waals surface area contributed by atoms with Crippen molar-refractivity contribution in [1.82, 2.24) is 0 Å². The minimum absolute atomic E-state index is 0.274. The van der Waals surface area contributed by atoms with E-state index in [1.807, 2.05) is 0 Å². The van der Waals surface area contributed by atoms with Crippen LogP contribution >= 0.6 is 0 Å². The van der Waals surface area contributed by atoms with Gasteiger partial charge in [0.05, 0.1) is 7.11 Å². The van der Waals surface area contributed by atoms with Gasteiger partial charge >= 0.3 is 0 Å². The highest BCUT2D eigenvalue weighted by molar-refractivity contribution is 5.75. The van der Waals surface area contributed by atoms with Crippen LogP contribution in [-0.2, 0) is 4.79 Å². The second-order valence-corrected chi connectivity index (χ2v) is 5.02. The first-order valence-electron chi connectivity index (χ1n) is 6.64. The quantitative estimate of drug-likeness (QED) is 0.755. The Morgan fingerprint density at radius 2 is 1.94 bits per heavy atom. The Morgan fingerprint density at radius 1 is 1.28 bits per heavy atom. The van der Waals surface area contributed by atoms with E-state index < -0.39 is 0 Å². The first-order chi connectivity index (χ1) is 8.49. The Kier molecular flexibility index (Phi) is 5.39. The molecule has 2 nitrogen and oxygen atoms in total. The van der Waals surface area contributed by atoms with E-state index in [-0.39, 0.29) is 5.78 Å². The van der Waals surface area contributed by atoms with Crippen molar-refractivity contribution >= 4 is 5.78 Å². The fourth-order valence-electron chi connectivity index (χ4n) is 2.43. The standard InChI is InChI=1S/C16H24O2/c1-6-14(8-7-13(4)17)15-9-12(3)16(18-5)10-11(15)2/h9-10,14H,6-8H2,1-5H3. The van der Waals surface area contributed by atoms with Crippen LogP contribution in [0.5, 0.6) is 5.75 Å². The molecule has 1 rings (SSSR count). The van der Waals surface area contributed by atoms with Crippen molar-refractivity contribution in [2.75, 3.05) is 7.11 Å². The van der Waals surface area contributed by atoms with Crippen LogP contribution in [0.15, 0.2) is 12.1 Å². The molecular weight excluding hydrogens is 224 g/mol.